The predicted octanol–water partition coefficient (Wildman–Crippen LogP) is 4.32. The van der Waals surface area contributed by atoms with Crippen molar-refractivity contribution in [2.75, 3.05) is 5.32 Å². The minimum atomic E-state index is 0.778. The SMILES string of the molecule is Cc1ccc(-c2cnc(NCc3cccc(C)c3)n2C)cc1. The summed E-state index contributed by atoms with van der Waals surface area (Å²) in [5.74, 6) is 0.886. The van der Waals surface area contributed by atoms with Crippen molar-refractivity contribution in [1.29, 1.82) is 0 Å². The monoisotopic (exact) mass is 291 g/mol. The van der Waals surface area contributed by atoms with Gasteiger partial charge in [-0.1, -0.05) is 59.7 Å². The van der Waals surface area contributed by atoms with E-state index in [-0.39, 0.29) is 0 Å². The molecule has 0 atom stereocenters. The standard InChI is InChI=1S/C19H21N3/c1-14-7-9-17(10-8-14)18-13-21-19(22(18)3)20-12-16-6-4-5-15(2)11-16/h4-11,13H,12H2,1-3H3,(H,20,21). The second-order valence-electron chi connectivity index (χ2n) is 5.73. The molecule has 0 radical (unpaired) electrons. The van der Waals surface area contributed by atoms with Gasteiger partial charge in [0.1, 0.15) is 0 Å². The van der Waals surface area contributed by atoms with Crippen LogP contribution in [-0.2, 0) is 13.6 Å². The molecule has 22 heavy (non-hydrogen) atoms. The number of imidazole rings is 1. The molecule has 0 saturated carbocycles. The van der Waals surface area contributed by atoms with Crippen molar-refractivity contribution in [2.45, 2.75) is 20.4 Å². The summed E-state index contributed by atoms with van der Waals surface area (Å²) < 4.78 is 2.10. The number of hydrogen-bond donors (Lipinski definition) is 1. The van der Waals surface area contributed by atoms with E-state index in [0.717, 1.165) is 18.2 Å². The lowest BCUT2D eigenvalue weighted by molar-refractivity contribution is 0.906. The third-order valence-corrected chi connectivity index (χ3v) is 3.87. The van der Waals surface area contributed by atoms with E-state index in [2.05, 4.69) is 77.2 Å². The lowest BCUT2D eigenvalue weighted by atomic mass is 10.1. The molecule has 0 aliphatic rings. The van der Waals surface area contributed by atoms with Gasteiger partial charge in [-0.2, -0.15) is 0 Å². The van der Waals surface area contributed by atoms with Crippen LogP contribution in [0.2, 0.25) is 0 Å². The van der Waals surface area contributed by atoms with Crippen molar-refractivity contribution >= 4 is 5.95 Å². The number of nitrogens with one attached hydrogen (secondary N) is 1. The summed E-state index contributed by atoms with van der Waals surface area (Å²) in [6, 6.07) is 17.0. The summed E-state index contributed by atoms with van der Waals surface area (Å²) in [5.41, 5.74) is 6.11. The maximum Gasteiger partial charge on any atom is 0.203 e. The highest BCUT2D eigenvalue weighted by Gasteiger charge is 2.08. The Morgan fingerprint density at radius 3 is 2.50 bits per heavy atom. The maximum absolute atomic E-state index is 4.50. The van der Waals surface area contributed by atoms with Gasteiger partial charge >= 0.3 is 0 Å². The van der Waals surface area contributed by atoms with Crippen LogP contribution in [0.1, 0.15) is 16.7 Å². The normalized spacial score (nSPS) is 10.7. The number of nitrogens with zero attached hydrogens (tertiary/aromatic N) is 2. The molecule has 0 unspecified atom stereocenters. The highest BCUT2D eigenvalue weighted by atomic mass is 15.2. The molecule has 3 nitrogen and oxygen atoms in total. The molecule has 0 bridgehead atoms. The van der Waals surface area contributed by atoms with E-state index in [0.29, 0.717) is 0 Å². The van der Waals surface area contributed by atoms with Crippen LogP contribution in [0, 0.1) is 13.8 Å². The van der Waals surface area contributed by atoms with Crippen molar-refractivity contribution in [3.63, 3.8) is 0 Å². The summed E-state index contributed by atoms with van der Waals surface area (Å²) in [7, 11) is 2.04. The van der Waals surface area contributed by atoms with E-state index in [9.17, 15) is 0 Å². The smallest absolute Gasteiger partial charge is 0.203 e. The largest absolute Gasteiger partial charge is 0.352 e. The zero-order chi connectivity index (χ0) is 15.5. The Morgan fingerprint density at radius 1 is 1.00 bits per heavy atom. The first kappa shape index (κ1) is 14.4. The first-order valence-electron chi connectivity index (χ1n) is 7.51. The van der Waals surface area contributed by atoms with Crippen LogP contribution in [0.3, 0.4) is 0 Å². The van der Waals surface area contributed by atoms with E-state index in [4.69, 9.17) is 0 Å². The zero-order valence-electron chi connectivity index (χ0n) is 13.3. The van der Waals surface area contributed by atoms with Crippen LogP contribution in [-0.4, -0.2) is 9.55 Å². The molecular formula is C19H21N3. The quantitative estimate of drug-likeness (QED) is 0.776. The molecule has 2 aromatic carbocycles. The van der Waals surface area contributed by atoms with E-state index in [1.165, 1.54) is 22.3 Å². The number of hydrogen-bond acceptors (Lipinski definition) is 2. The van der Waals surface area contributed by atoms with E-state index in [1.807, 2.05) is 13.2 Å². The Morgan fingerprint density at radius 2 is 1.77 bits per heavy atom. The van der Waals surface area contributed by atoms with E-state index in [1.54, 1.807) is 0 Å². The number of rotatable bonds is 4. The van der Waals surface area contributed by atoms with Gasteiger partial charge in [-0.15, -0.1) is 0 Å². The summed E-state index contributed by atoms with van der Waals surface area (Å²) in [6.07, 6.45) is 1.92. The zero-order valence-corrected chi connectivity index (χ0v) is 13.3. The van der Waals surface area contributed by atoms with Crippen molar-refractivity contribution < 1.29 is 0 Å². The van der Waals surface area contributed by atoms with Gasteiger partial charge in [0.05, 0.1) is 11.9 Å². The third-order valence-electron chi connectivity index (χ3n) is 3.87. The van der Waals surface area contributed by atoms with Crippen LogP contribution in [0.25, 0.3) is 11.3 Å². The number of aryl methyl sites for hydroxylation is 2. The summed E-state index contributed by atoms with van der Waals surface area (Å²) in [4.78, 5) is 4.50. The molecule has 0 aliphatic heterocycles. The van der Waals surface area contributed by atoms with Crippen molar-refractivity contribution in [3.05, 3.63) is 71.4 Å². The minimum Gasteiger partial charge on any atom is -0.352 e. The second-order valence-corrected chi connectivity index (χ2v) is 5.73. The molecule has 0 saturated heterocycles. The van der Waals surface area contributed by atoms with Gasteiger partial charge in [0, 0.05) is 13.6 Å². The van der Waals surface area contributed by atoms with Crippen molar-refractivity contribution in [3.8, 4) is 11.3 Å². The number of benzene rings is 2. The fourth-order valence-electron chi connectivity index (χ4n) is 2.57. The van der Waals surface area contributed by atoms with Crippen LogP contribution >= 0.6 is 0 Å². The summed E-state index contributed by atoms with van der Waals surface area (Å²) in [6.45, 7) is 4.99. The molecule has 1 aromatic heterocycles. The molecule has 0 fully saturated rings. The van der Waals surface area contributed by atoms with Crippen LogP contribution < -0.4 is 5.32 Å². The molecule has 1 N–H and O–H groups in total. The Balaban J connectivity index is 1.77. The lowest BCUT2D eigenvalue weighted by Crippen LogP contribution is -2.05. The van der Waals surface area contributed by atoms with Crippen LogP contribution in [0.4, 0.5) is 5.95 Å². The second kappa shape index (κ2) is 6.06. The van der Waals surface area contributed by atoms with Gasteiger partial charge in [0.25, 0.3) is 0 Å². The van der Waals surface area contributed by atoms with Gasteiger partial charge in [0.2, 0.25) is 5.95 Å². The first-order valence-corrected chi connectivity index (χ1v) is 7.51. The molecule has 0 aliphatic carbocycles. The average Bonchev–Trinajstić information content (AvgIpc) is 2.87. The fourth-order valence-corrected chi connectivity index (χ4v) is 2.57. The minimum absolute atomic E-state index is 0.778. The van der Waals surface area contributed by atoms with Gasteiger partial charge < -0.3 is 9.88 Å². The van der Waals surface area contributed by atoms with Crippen molar-refractivity contribution in [1.82, 2.24) is 9.55 Å². The maximum atomic E-state index is 4.50. The molecule has 0 spiro atoms. The fraction of sp³-hybridized carbons (Fsp3) is 0.211. The Hall–Kier alpha value is -2.55. The van der Waals surface area contributed by atoms with Gasteiger partial charge in [-0.25, -0.2) is 4.98 Å². The third kappa shape index (κ3) is 3.03. The first-order chi connectivity index (χ1) is 10.6. The molecule has 112 valence electrons. The van der Waals surface area contributed by atoms with E-state index < -0.39 is 0 Å². The van der Waals surface area contributed by atoms with E-state index >= 15 is 0 Å². The average molecular weight is 291 g/mol. The van der Waals surface area contributed by atoms with Gasteiger partial charge in [0.15, 0.2) is 0 Å². The summed E-state index contributed by atoms with van der Waals surface area (Å²) >= 11 is 0. The molecular weight excluding hydrogens is 270 g/mol. The Labute approximate surface area is 131 Å². The van der Waals surface area contributed by atoms with Crippen LogP contribution in [0.5, 0.6) is 0 Å². The molecule has 0 amide bonds. The lowest BCUT2D eigenvalue weighted by Gasteiger charge is -2.09. The van der Waals surface area contributed by atoms with Crippen molar-refractivity contribution in [2.24, 2.45) is 7.05 Å². The molecule has 1 heterocycles. The molecule has 3 rings (SSSR count). The van der Waals surface area contributed by atoms with Gasteiger partial charge in [-0.3, -0.25) is 0 Å². The Bertz CT molecular complexity index is 770. The Kier molecular flexibility index (Phi) is 3.96. The predicted molar refractivity (Wildman–Crippen MR) is 91.9 cm³/mol. The molecule has 3 aromatic rings. The van der Waals surface area contributed by atoms with Gasteiger partial charge in [-0.05, 0) is 25.0 Å². The number of aromatic nitrogens is 2. The molecule has 3 heteroatoms. The summed E-state index contributed by atoms with van der Waals surface area (Å²) in [5, 5.41) is 3.41. The topological polar surface area (TPSA) is 29.9 Å². The number of anilines is 1. The highest BCUT2D eigenvalue weighted by molar-refractivity contribution is 5.61. The highest BCUT2D eigenvalue weighted by Crippen LogP contribution is 2.22. The van der Waals surface area contributed by atoms with Crippen LogP contribution in [0.15, 0.2) is 54.7 Å².